The molecule has 0 aliphatic heterocycles. The van der Waals surface area contributed by atoms with Gasteiger partial charge in [-0.1, -0.05) is 51.1 Å². The Labute approximate surface area is 117 Å². The van der Waals surface area contributed by atoms with Crippen LogP contribution in [0.15, 0.2) is 48.1 Å². The third kappa shape index (κ3) is 4.09. The highest BCUT2D eigenvalue weighted by molar-refractivity contribution is 5.73. The van der Waals surface area contributed by atoms with Gasteiger partial charge in [0.05, 0.1) is 5.69 Å². The number of rotatable bonds is 7. The topological polar surface area (TPSA) is 15.6 Å². The summed E-state index contributed by atoms with van der Waals surface area (Å²) in [7, 11) is 0. The summed E-state index contributed by atoms with van der Waals surface area (Å²) < 4.78 is 0. The molecule has 2 nitrogen and oxygen atoms in total. The third-order valence-corrected chi connectivity index (χ3v) is 3.27. The molecule has 0 aromatic heterocycles. The Hall–Kier alpha value is -1.83. The van der Waals surface area contributed by atoms with Crippen LogP contribution in [0.4, 0.5) is 5.69 Å². The second-order valence-electron chi connectivity index (χ2n) is 4.77. The molecule has 0 N–H and O–H groups in total. The fraction of sp³-hybridized carbons (Fsp3) is 0.353. The van der Waals surface area contributed by atoms with Gasteiger partial charge in [0.1, 0.15) is 0 Å². The summed E-state index contributed by atoms with van der Waals surface area (Å²) in [5.74, 6) is 0.622. The van der Waals surface area contributed by atoms with E-state index in [1.165, 1.54) is 0 Å². The molecule has 1 aromatic rings. The van der Waals surface area contributed by atoms with Gasteiger partial charge >= 0.3 is 0 Å². The molecule has 19 heavy (non-hydrogen) atoms. The lowest BCUT2D eigenvalue weighted by Gasteiger charge is -2.26. The average molecular weight is 256 g/mol. The van der Waals surface area contributed by atoms with Crippen LogP contribution in [0.2, 0.25) is 0 Å². The van der Waals surface area contributed by atoms with Crippen molar-refractivity contribution >= 4 is 18.1 Å². The molecule has 0 spiro atoms. The van der Waals surface area contributed by atoms with Crippen molar-refractivity contribution in [3.8, 4) is 0 Å². The van der Waals surface area contributed by atoms with Gasteiger partial charge in [0.25, 0.3) is 0 Å². The Morgan fingerprint density at radius 3 is 2.68 bits per heavy atom. The van der Waals surface area contributed by atoms with Crippen molar-refractivity contribution < 1.29 is 0 Å². The summed E-state index contributed by atoms with van der Waals surface area (Å²) in [5.41, 5.74) is 2.89. The first-order valence-corrected chi connectivity index (χ1v) is 6.78. The molecule has 0 amide bonds. The molecule has 2 heteroatoms. The van der Waals surface area contributed by atoms with E-state index >= 15 is 0 Å². The van der Waals surface area contributed by atoms with E-state index in [0.29, 0.717) is 5.92 Å². The van der Waals surface area contributed by atoms with E-state index in [0.717, 1.165) is 29.9 Å². The maximum absolute atomic E-state index is 4.23. The number of hydrogen-bond donors (Lipinski definition) is 0. The molecule has 0 saturated carbocycles. The lowest BCUT2D eigenvalue weighted by molar-refractivity contribution is 0.410. The summed E-state index contributed by atoms with van der Waals surface area (Å²) >= 11 is 0. The number of benzene rings is 1. The number of nitrogens with zero attached hydrogens (tertiary/aromatic N) is 2. The van der Waals surface area contributed by atoms with E-state index in [2.05, 4.69) is 43.2 Å². The van der Waals surface area contributed by atoms with Gasteiger partial charge in [0.15, 0.2) is 0 Å². The zero-order valence-corrected chi connectivity index (χ0v) is 12.3. The zero-order chi connectivity index (χ0) is 14.3. The molecule has 0 bridgehead atoms. The molecular weight excluding hydrogens is 232 g/mol. The minimum absolute atomic E-state index is 0.622. The van der Waals surface area contributed by atoms with Crippen molar-refractivity contribution in [2.45, 2.75) is 27.2 Å². The minimum atomic E-state index is 0.622. The fourth-order valence-electron chi connectivity index (χ4n) is 1.92. The number of para-hydroxylation sites is 1. The molecule has 1 rings (SSSR count). The van der Waals surface area contributed by atoms with Gasteiger partial charge in [-0.3, -0.25) is 4.99 Å². The van der Waals surface area contributed by atoms with Crippen LogP contribution in [0, 0.1) is 5.92 Å². The van der Waals surface area contributed by atoms with Gasteiger partial charge < -0.3 is 4.90 Å². The predicted octanol–water partition coefficient (Wildman–Crippen LogP) is 4.87. The molecule has 0 radical (unpaired) electrons. The zero-order valence-electron chi connectivity index (χ0n) is 12.3. The lowest BCUT2D eigenvalue weighted by atomic mass is 10.1. The molecule has 0 aliphatic carbocycles. The van der Waals surface area contributed by atoms with Crippen LogP contribution >= 0.6 is 0 Å². The average Bonchev–Trinajstić information content (AvgIpc) is 2.45. The highest BCUT2D eigenvalue weighted by Crippen LogP contribution is 2.28. The van der Waals surface area contributed by atoms with Gasteiger partial charge in [-0.25, -0.2) is 0 Å². The Balaban J connectivity index is 3.02. The molecule has 1 unspecified atom stereocenters. The van der Waals surface area contributed by atoms with E-state index in [1.54, 1.807) is 0 Å². The Kier molecular flexibility index (Phi) is 6.07. The Morgan fingerprint density at radius 1 is 1.42 bits per heavy atom. The number of hydrogen-bond acceptors (Lipinski definition) is 2. The third-order valence-electron chi connectivity index (χ3n) is 3.27. The van der Waals surface area contributed by atoms with Crippen molar-refractivity contribution in [2.75, 3.05) is 6.54 Å². The quantitative estimate of drug-likeness (QED) is 0.635. The van der Waals surface area contributed by atoms with E-state index in [9.17, 15) is 0 Å². The predicted molar refractivity (Wildman–Crippen MR) is 85.7 cm³/mol. The van der Waals surface area contributed by atoms with E-state index in [1.807, 2.05) is 37.3 Å². The molecule has 0 saturated heterocycles. The molecule has 0 heterocycles. The van der Waals surface area contributed by atoms with Gasteiger partial charge in [-0.15, -0.1) is 0 Å². The SMILES string of the molecule is C=Nc1ccccc1C(=C)N(/C=C/C)CC(C)CC. The van der Waals surface area contributed by atoms with Gasteiger partial charge in [-0.2, -0.15) is 0 Å². The molecule has 102 valence electrons. The highest BCUT2D eigenvalue weighted by atomic mass is 15.1. The largest absolute Gasteiger partial charge is 0.348 e. The van der Waals surface area contributed by atoms with Crippen LogP contribution in [0.1, 0.15) is 32.8 Å². The fourth-order valence-corrected chi connectivity index (χ4v) is 1.92. The first-order chi connectivity index (χ1) is 9.13. The maximum Gasteiger partial charge on any atom is 0.0715 e. The maximum atomic E-state index is 4.23. The summed E-state index contributed by atoms with van der Waals surface area (Å²) in [6.45, 7) is 15.3. The van der Waals surface area contributed by atoms with Gasteiger partial charge in [0, 0.05) is 17.8 Å². The summed E-state index contributed by atoms with van der Waals surface area (Å²) in [4.78, 5) is 6.26. The second-order valence-corrected chi connectivity index (χ2v) is 4.77. The molecule has 0 aliphatic rings. The van der Waals surface area contributed by atoms with Gasteiger partial charge in [-0.05, 0) is 31.8 Å². The van der Waals surface area contributed by atoms with Crippen LogP contribution in [0.5, 0.6) is 0 Å². The highest BCUT2D eigenvalue weighted by Gasteiger charge is 2.12. The summed E-state index contributed by atoms with van der Waals surface area (Å²) in [6, 6.07) is 7.98. The number of allylic oxidation sites excluding steroid dienone is 1. The second kappa shape index (κ2) is 7.57. The standard InChI is InChI=1S/C17H24N2/c1-6-12-19(13-14(3)7-2)15(4)16-10-8-9-11-17(16)18-5/h6,8-12,14H,4-5,7,13H2,1-3H3/b12-6+. The number of aliphatic imine (C=N–C) groups is 1. The van der Waals surface area contributed by atoms with Crippen molar-refractivity contribution in [3.63, 3.8) is 0 Å². The van der Waals surface area contributed by atoms with Crippen LogP contribution in [-0.4, -0.2) is 18.2 Å². The normalized spacial score (nSPS) is 12.4. The van der Waals surface area contributed by atoms with Crippen molar-refractivity contribution in [1.82, 2.24) is 4.90 Å². The van der Waals surface area contributed by atoms with Crippen LogP contribution in [-0.2, 0) is 0 Å². The molecule has 1 atom stereocenters. The monoisotopic (exact) mass is 256 g/mol. The molecule has 1 aromatic carbocycles. The first kappa shape index (κ1) is 15.2. The van der Waals surface area contributed by atoms with E-state index in [-0.39, 0.29) is 0 Å². The van der Waals surface area contributed by atoms with Crippen molar-refractivity contribution in [1.29, 1.82) is 0 Å². The van der Waals surface area contributed by atoms with Crippen LogP contribution < -0.4 is 0 Å². The van der Waals surface area contributed by atoms with E-state index < -0.39 is 0 Å². The van der Waals surface area contributed by atoms with Crippen molar-refractivity contribution in [3.05, 3.63) is 48.7 Å². The van der Waals surface area contributed by atoms with Crippen LogP contribution in [0.25, 0.3) is 5.70 Å². The lowest BCUT2D eigenvalue weighted by Crippen LogP contribution is -2.21. The summed E-state index contributed by atoms with van der Waals surface area (Å²) in [6.07, 6.45) is 5.27. The van der Waals surface area contributed by atoms with Crippen LogP contribution in [0.3, 0.4) is 0 Å². The summed E-state index contributed by atoms with van der Waals surface area (Å²) in [5, 5.41) is 0. The smallest absolute Gasteiger partial charge is 0.0715 e. The first-order valence-electron chi connectivity index (χ1n) is 6.78. The minimum Gasteiger partial charge on any atom is -0.348 e. The Morgan fingerprint density at radius 2 is 2.11 bits per heavy atom. The van der Waals surface area contributed by atoms with Gasteiger partial charge in [0.2, 0.25) is 0 Å². The van der Waals surface area contributed by atoms with Crippen molar-refractivity contribution in [2.24, 2.45) is 10.9 Å². The van der Waals surface area contributed by atoms with E-state index in [4.69, 9.17) is 0 Å². The molecule has 0 fully saturated rings. The Bertz CT molecular complexity index is 460. The molecular formula is C17H24N2.